The first-order chi connectivity index (χ1) is 6.56. The van der Waals surface area contributed by atoms with Crippen molar-refractivity contribution in [3.63, 3.8) is 0 Å². The molecule has 1 unspecified atom stereocenters. The van der Waals surface area contributed by atoms with E-state index in [0.29, 0.717) is 12.5 Å². The van der Waals surface area contributed by atoms with E-state index in [1.54, 1.807) is 0 Å². The van der Waals surface area contributed by atoms with Crippen molar-refractivity contribution in [2.75, 3.05) is 6.61 Å². The third-order valence-electron chi connectivity index (χ3n) is 2.09. The summed E-state index contributed by atoms with van der Waals surface area (Å²) in [6, 6.07) is 0. The Morgan fingerprint density at radius 1 is 1.43 bits per heavy atom. The lowest BCUT2D eigenvalue weighted by molar-refractivity contribution is -0.141. The Kier molecular flexibility index (Phi) is 7.17. The minimum Gasteiger partial charge on any atom is -0.466 e. The summed E-state index contributed by atoms with van der Waals surface area (Å²) < 4.78 is 4.89. The van der Waals surface area contributed by atoms with Crippen molar-refractivity contribution in [3.05, 3.63) is 11.6 Å². The number of hydrogen-bond donors (Lipinski definition) is 0. The van der Waals surface area contributed by atoms with Crippen LogP contribution in [0.15, 0.2) is 11.6 Å². The van der Waals surface area contributed by atoms with Crippen LogP contribution < -0.4 is 0 Å². The summed E-state index contributed by atoms with van der Waals surface area (Å²) in [5.74, 6) is 0.312. The maximum Gasteiger partial charge on any atom is 0.302 e. The maximum absolute atomic E-state index is 10.5. The monoisotopic (exact) mass is 198 g/mol. The fourth-order valence-corrected chi connectivity index (χ4v) is 1.44. The number of allylic oxidation sites excluding steroid dienone is 2. The van der Waals surface area contributed by atoms with E-state index in [9.17, 15) is 4.79 Å². The van der Waals surface area contributed by atoms with Gasteiger partial charge in [-0.1, -0.05) is 31.9 Å². The number of rotatable bonds is 6. The highest BCUT2D eigenvalue weighted by atomic mass is 16.5. The molecule has 0 aliphatic heterocycles. The average Bonchev–Trinajstić information content (AvgIpc) is 2.03. The summed E-state index contributed by atoms with van der Waals surface area (Å²) in [6.45, 7) is 8.48. The number of esters is 1. The highest BCUT2D eigenvalue weighted by molar-refractivity contribution is 5.65. The highest BCUT2D eigenvalue weighted by Gasteiger charge is 2.00. The Labute approximate surface area is 87.3 Å². The Morgan fingerprint density at radius 3 is 2.57 bits per heavy atom. The topological polar surface area (TPSA) is 26.3 Å². The molecule has 82 valence electrons. The minimum absolute atomic E-state index is 0.188. The number of carbonyl (C=O) groups excluding carboxylic acids is 1. The van der Waals surface area contributed by atoms with Crippen molar-refractivity contribution in [1.82, 2.24) is 0 Å². The molecule has 0 N–H and O–H groups in total. The summed E-state index contributed by atoms with van der Waals surface area (Å²) in [6.07, 6.45) is 5.55. The summed E-state index contributed by atoms with van der Waals surface area (Å²) in [5.41, 5.74) is 1.43. The largest absolute Gasteiger partial charge is 0.466 e. The van der Waals surface area contributed by atoms with Gasteiger partial charge in [0.05, 0.1) is 6.61 Å². The molecule has 0 fully saturated rings. The minimum atomic E-state index is -0.188. The Hall–Kier alpha value is -0.790. The van der Waals surface area contributed by atoms with E-state index in [2.05, 4.69) is 26.8 Å². The van der Waals surface area contributed by atoms with Gasteiger partial charge in [-0.3, -0.25) is 4.79 Å². The second-order valence-corrected chi connectivity index (χ2v) is 3.87. The molecular formula is C12H22O2. The molecule has 0 aromatic heterocycles. The van der Waals surface area contributed by atoms with Crippen molar-refractivity contribution in [3.8, 4) is 0 Å². The predicted octanol–water partition coefficient (Wildman–Crippen LogP) is 3.32. The third-order valence-corrected chi connectivity index (χ3v) is 2.09. The molecule has 0 bridgehead atoms. The van der Waals surface area contributed by atoms with Gasteiger partial charge < -0.3 is 4.74 Å². The molecule has 0 aliphatic rings. The third kappa shape index (κ3) is 7.84. The first kappa shape index (κ1) is 13.2. The molecule has 1 atom stereocenters. The molecule has 0 radical (unpaired) electrons. The molecule has 0 amide bonds. The zero-order valence-corrected chi connectivity index (χ0v) is 9.80. The van der Waals surface area contributed by atoms with Crippen molar-refractivity contribution in [2.45, 2.75) is 47.0 Å². The van der Waals surface area contributed by atoms with Crippen molar-refractivity contribution >= 4 is 5.97 Å². The fraction of sp³-hybridized carbons (Fsp3) is 0.750. The molecule has 0 aromatic rings. The molecular weight excluding hydrogens is 176 g/mol. The van der Waals surface area contributed by atoms with Crippen LogP contribution >= 0.6 is 0 Å². The first-order valence-electron chi connectivity index (χ1n) is 5.37. The van der Waals surface area contributed by atoms with Gasteiger partial charge in [-0.25, -0.2) is 0 Å². The van der Waals surface area contributed by atoms with Crippen molar-refractivity contribution in [2.24, 2.45) is 5.92 Å². The van der Waals surface area contributed by atoms with Crippen LogP contribution in [-0.4, -0.2) is 12.6 Å². The molecule has 0 spiro atoms. The van der Waals surface area contributed by atoms with E-state index >= 15 is 0 Å². The summed E-state index contributed by atoms with van der Waals surface area (Å²) in [5, 5.41) is 0. The standard InChI is InChI=1S/C12H22O2/c1-5-6-10(2)9-11(3)7-8-14-12(4)13/h9,11H,5-8H2,1-4H3. The van der Waals surface area contributed by atoms with Gasteiger partial charge in [0.25, 0.3) is 0 Å². The smallest absolute Gasteiger partial charge is 0.302 e. The molecule has 2 nitrogen and oxygen atoms in total. The molecule has 14 heavy (non-hydrogen) atoms. The molecule has 0 heterocycles. The van der Waals surface area contributed by atoms with Gasteiger partial charge in [0, 0.05) is 6.92 Å². The Bertz CT molecular complexity index is 194. The Morgan fingerprint density at radius 2 is 2.07 bits per heavy atom. The van der Waals surface area contributed by atoms with Crippen LogP contribution in [0.1, 0.15) is 47.0 Å². The van der Waals surface area contributed by atoms with Crippen molar-refractivity contribution in [1.29, 1.82) is 0 Å². The van der Waals surface area contributed by atoms with Gasteiger partial charge in [0.1, 0.15) is 0 Å². The molecule has 0 aromatic carbocycles. The van der Waals surface area contributed by atoms with Gasteiger partial charge in [-0.15, -0.1) is 0 Å². The summed E-state index contributed by atoms with van der Waals surface area (Å²) in [4.78, 5) is 10.5. The molecule has 0 aliphatic carbocycles. The van der Waals surface area contributed by atoms with E-state index in [0.717, 1.165) is 12.8 Å². The van der Waals surface area contributed by atoms with E-state index in [1.807, 2.05) is 0 Å². The van der Waals surface area contributed by atoms with Crippen LogP contribution in [0.2, 0.25) is 0 Å². The second kappa shape index (κ2) is 7.60. The Balaban J connectivity index is 3.68. The first-order valence-corrected chi connectivity index (χ1v) is 5.37. The number of hydrogen-bond acceptors (Lipinski definition) is 2. The predicted molar refractivity (Wildman–Crippen MR) is 59.1 cm³/mol. The lowest BCUT2D eigenvalue weighted by atomic mass is 10.0. The zero-order valence-electron chi connectivity index (χ0n) is 9.80. The number of ether oxygens (including phenoxy) is 1. The SMILES string of the molecule is CCCC(C)=CC(C)CCOC(C)=O. The van der Waals surface area contributed by atoms with Crippen LogP contribution in [-0.2, 0) is 9.53 Å². The molecule has 0 rings (SSSR count). The normalized spacial score (nSPS) is 13.9. The van der Waals surface area contributed by atoms with E-state index < -0.39 is 0 Å². The van der Waals surface area contributed by atoms with E-state index in [-0.39, 0.29) is 5.97 Å². The lowest BCUT2D eigenvalue weighted by Crippen LogP contribution is -2.04. The van der Waals surface area contributed by atoms with Gasteiger partial charge in [-0.2, -0.15) is 0 Å². The van der Waals surface area contributed by atoms with Crippen LogP contribution in [0.4, 0.5) is 0 Å². The lowest BCUT2D eigenvalue weighted by Gasteiger charge is -2.08. The van der Waals surface area contributed by atoms with Crippen LogP contribution in [0.25, 0.3) is 0 Å². The fourth-order valence-electron chi connectivity index (χ4n) is 1.44. The molecule has 0 saturated carbocycles. The van der Waals surface area contributed by atoms with Crippen molar-refractivity contribution < 1.29 is 9.53 Å². The van der Waals surface area contributed by atoms with E-state index in [4.69, 9.17) is 4.74 Å². The van der Waals surface area contributed by atoms with Gasteiger partial charge in [0.2, 0.25) is 0 Å². The van der Waals surface area contributed by atoms with Crippen LogP contribution in [0.3, 0.4) is 0 Å². The number of carbonyl (C=O) groups is 1. The van der Waals surface area contributed by atoms with Gasteiger partial charge in [-0.05, 0) is 25.7 Å². The highest BCUT2D eigenvalue weighted by Crippen LogP contribution is 2.11. The molecule has 2 heteroatoms. The average molecular weight is 198 g/mol. The van der Waals surface area contributed by atoms with Crippen LogP contribution in [0, 0.1) is 5.92 Å². The maximum atomic E-state index is 10.5. The van der Waals surface area contributed by atoms with Gasteiger partial charge in [0.15, 0.2) is 0 Å². The quantitative estimate of drug-likeness (QED) is 0.483. The molecule has 0 saturated heterocycles. The summed E-state index contributed by atoms with van der Waals surface area (Å²) >= 11 is 0. The second-order valence-electron chi connectivity index (χ2n) is 3.87. The van der Waals surface area contributed by atoms with E-state index in [1.165, 1.54) is 18.9 Å². The van der Waals surface area contributed by atoms with Crippen LogP contribution in [0.5, 0.6) is 0 Å². The summed E-state index contributed by atoms with van der Waals surface area (Å²) in [7, 11) is 0. The zero-order chi connectivity index (χ0) is 11.0. The van der Waals surface area contributed by atoms with Gasteiger partial charge >= 0.3 is 5.97 Å².